The van der Waals surface area contributed by atoms with Crippen LogP contribution in [-0.2, 0) is 32.4 Å². The zero-order valence-corrected chi connectivity index (χ0v) is 57.2. The predicted octanol–water partition coefficient (Wildman–Crippen LogP) is 17.3. The van der Waals surface area contributed by atoms with E-state index in [1.807, 2.05) is 83.0 Å². The molecule has 0 aromatic carbocycles. The van der Waals surface area contributed by atoms with Crippen LogP contribution in [0.2, 0.25) is 0 Å². The molecule has 0 saturated carbocycles. The maximum Gasteiger partial charge on any atom is 0.322 e. The number of aliphatic hydroxyl groups is 2. The van der Waals surface area contributed by atoms with Crippen molar-refractivity contribution < 1.29 is 45.4 Å². The van der Waals surface area contributed by atoms with Gasteiger partial charge in [0.15, 0.2) is 12.8 Å². The summed E-state index contributed by atoms with van der Waals surface area (Å²) in [5.74, 6) is 3.66. The molecule has 0 spiro atoms. The van der Waals surface area contributed by atoms with Crippen molar-refractivity contribution in [1.82, 2.24) is 14.2 Å². The summed E-state index contributed by atoms with van der Waals surface area (Å²) in [7, 11) is 7.99. The summed E-state index contributed by atoms with van der Waals surface area (Å²) >= 11 is 12.9. The molecule has 0 radical (unpaired) electrons. The third kappa shape index (κ3) is 39.0. The fourth-order valence-electron chi connectivity index (χ4n) is 7.84. The van der Waals surface area contributed by atoms with Gasteiger partial charge in [0.25, 0.3) is 0 Å². The van der Waals surface area contributed by atoms with E-state index in [-0.39, 0.29) is 59.3 Å². The smallest absolute Gasteiger partial charge is 0.322 e. The van der Waals surface area contributed by atoms with E-state index < -0.39 is 40.1 Å². The lowest BCUT2D eigenvalue weighted by Gasteiger charge is -2.34. The molecule has 0 aromatic rings. The molecule has 3 rings (SSSR count). The van der Waals surface area contributed by atoms with Gasteiger partial charge in [-0.1, -0.05) is 137 Å². The van der Waals surface area contributed by atoms with Crippen LogP contribution in [0.3, 0.4) is 0 Å². The van der Waals surface area contributed by atoms with E-state index in [1.165, 1.54) is 94.1 Å². The quantitative estimate of drug-likeness (QED) is 0.00515. The first-order chi connectivity index (χ1) is 37.8. The van der Waals surface area contributed by atoms with Gasteiger partial charge >= 0.3 is 17.1 Å². The number of amides is 2. The van der Waals surface area contributed by atoms with Crippen LogP contribution in [0, 0.1) is 11.8 Å². The fraction of sp³-hybridized carbons (Fsp3) is 0.889. The molecule has 14 nitrogen and oxygen atoms in total. The number of imide groups is 1. The van der Waals surface area contributed by atoms with Crippen LogP contribution in [0.1, 0.15) is 199 Å². The minimum absolute atomic E-state index is 0. The van der Waals surface area contributed by atoms with Crippen molar-refractivity contribution in [2.75, 3.05) is 70.1 Å². The van der Waals surface area contributed by atoms with Gasteiger partial charge in [0.2, 0.25) is 14.7 Å². The first-order valence-corrected chi connectivity index (χ1v) is 36.7. The van der Waals surface area contributed by atoms with Gasteiger partial charge in [-0.15, -0.1) is 46.6 Å². The van der Waals surface area contributed by atoms with Gasteiger partial charge in [0.05, 0.1) is 42.8 Å². The Morgan fingerprint density at radius 2 is 1.03 bits per heavy atom. The lowest BCUT2D eigenvalue weighted by atomic mass is 9.73. The molecule has 2 saturated heterocycles. The van der Waals surface area contributed by atoms with Crippen LogP contribution >= 0.6 is 107 Å². The average Bonchev–Trinajstić information content (AvgIpc) is 3.97. The van der Waals surface area contributed by atoms with Gasteiger partial charge in [0.1, 0.15) is 0 Å². The Morgan fingerprint density at radius 3 is 1.41 bits per heavy atom. The summed E-state index contributed by atoms with van der Waals surface area (Å²) in [6, 6.07) is 1.17. The number of nitrogens with zero attached hydrogens (tertiary/aromatic N) is 5. The molecule has 0 aliphatic carbocycles. The zero-order chi connectivity index (χ0) is 61.1. The van der Waals surface area contributed by atoms with Gasteiger partial charge in [-0.2, -0.15) is 0 Å². The van der Waals surface area contributed by atoms with E-state index in [2.05, 4.69) is 139 Å². The Hall–Kier alpha value is 1.20. The Balaban J connectivity index is -0.000000202. The summed E-state index contributed by atoms with van der Waals surface area (Å²) in [4.78, 5) is 35.7. The topological polar surface area (TPSA) is 155 Å². The van der Waals surface area contributed by atoms with E-state index >= 15 is 0 Å². The number of thiol groups is 4. The summed E-state index contributed by atoms with van der Waals surface area (Å²) in [5, 5.41) is 7.00. The van der Waals surface area contributed by atoms with Gasteiger partial charge in [-0.3, -0.25) is 24.5 Å². The van der Waals surface area contributed by atoms with Crippen LogP contribution in [0.4, 0.5) is 0 Å². The second kappa shape index (κ2) is 61.3. The van der Waals surface area contributed by atoms with Crippen LogP contribution in [0.15, 0.2) is 22.1 Å². The maximum absolute atomic E-state index is 13.0. The van der Waals surface area contributed by atoms with E-state index in [9.17, 15) is 9.59 Å². The van der Waals surface area contributed by atoms with Gasteiger partial charge in [-0.25, -0.2) is 9.34 Å². The fourth-order valence-corrected chi connectivity index (χ4v) is 15.2. The number of aliphatic hydroxyl groups excluding tert-OH is 2. The number of carbonyl (C=O) groups is 2. The van der Waals surface area contributed by atoms with Crippen molar-refractivity contribution in [3.8, 4) is 0 Å². The summed E-state index contributed by atoms with van der Waals surface area (Å²) in [6.07, 6.45) is 20.2. The Morgan fingerprint density at radius 1 is 0.654 bits per heavy atom. The summed E-state index contributed by atoms with van der Waals surface area (Å²) in [6.45, 7) is 30.7. The molecule has 472 valence electrons. The number of carbonyl (C=O) groups excluding carboxylic acids is 2. The molecule has 2 bridgehead atoms. The SMILES string of the molecule is C.C.C.CCN=COP(OCCN1C(=O)[C@@H]2[C@H](C1=O)C1(C)C=CC2(C)O1)N(C(C)C)C(C)C.SS.SS.[2H]CCCCCCSSCCCCCCOP(OC=NCC)N(C(C)C)C(C)C.[2H]CCCSSCCCC.[3H]OC.[3H]OC. The number of rotatable bonds is 36. The highest BCUT2D eigenvalue weighted by molar-refractivity contribution is 8.77. The molecule has 3 aliphatic rings. The van der Waals surface area contributed by atoms with E-state index in [4.69, 9.17) is 28.4 Å². The monoisotopic (exact) mass is 1310 g/mol. The maximum atomic E-state index is 13.0. The van der Waals surface area contributed by atoms with E-state index in [1.54, 1.807) is 6.40 Å². The van der Waals surface area contributed by atoms with Crippen molar-refractivity contribution in [3.05, 3.63) is 12.2 Å². The third-order valence-corrected chi connectivity index (χ3v) is 20.0. The van der Waals surface area contributed by atoms with Crippen molar-refractivity contribution >= 4 is 131 Å². The normalized spacial score (nSPS) is 19.9. The van der Waals surface area contributed by atoms with Gasteiger partial charge in [-0.05, 0) is 115 Å². The predicted molar refractivity (Wildman–Crippen MR) is 371 cm³/mol. The van der Waals surface area contributed by atoms with E-state index in [0.29, 0.717) is 32.4 Å². The van der Waals surface area contributed by atoms with Crippen molar-refractivity contribution in [2.24, 2.45) is 21.8 Å². The van der Waals surface area contributed by atoms with E-state index in [0.717, 1.165) is 38.2 Å². The summed E-state index contributed by atoms with van der Waals surface area (Å²) in [5.41, 5.74) is -1.42. The first-order valence-electron chi connectivity index (χ1n) is 28.5. The number of aliphatic imine (C=N–C) groups is 2. The largest absolute Gasteiger partial charge is 0.425 e. The number of ether oxygens (including phenoxy) is 1. The molecule has 78 heavy (non-hydrogen) atoms. The Kier molecular flexibility index (Phi) is 65.5. The molecule has 3 aliphatic heterocycles. The molecular weight excluding hydrogens is 1180 g/mol. The van der Waals surface area contributed by atoms with Crippen molar-refractivity contribution in [3.63, 3.8) is 0 Å². The highest BCUT2D eigenvalue weighted by Crippen LogP contribution is 2.57. The van der Waals surface area contributed by atoms with Crippen molar-refractivity contribution in [1.29, 1.82) is 2.86 Å². The average molecular weight is 1310 g/mol. The molecule has 24 heteroatoms. The number of hydrogen-bond donors (Lipinski definition) is 6. The summed E-state index contributed by atoms with van der Waals surface area (Å²) < 4.78 is 59.7. The standard InChI is InChI=1S/C21H34N3O5P.C21H45N2O2PS2.C7H16S2.2CH4O.3CH4.2H2S2/c1-8-22-13-28-30(24(14(2)3)15(4)5)27-12-11-23-18(25)16-17(19(23)26)21(7)10-9-20(16,6)29-21;1-7-9-10-14-17-27-28-18-15-12-11-13-16-24-26(25-19-22-8-2)23(20(3)4)21(5)6;1-3-5-7-9-8-6-4-2;2*1-2;;;;2*1-2/h9-10,13-17H,8,11-12H2,1-7H3;19-21H,7-18H2,1-6H3;3-7H2,1-2H3;2*2H,1H3;3*1H4;2*1-2H/t16-,17+,20?,21?,30?;;;;;;;;;/i;1D;2D;2*2T;;;;;. The molecule has 4 unspecified atom stereocenters. The molecular formula is C54H119N5O9P2S8. The molecule has 2 amide bonds. The number of hydrogen-bond acceptors (Lipinski definition) is 21. The lowest BCUT2D eigenvalue weighted by molar-refractivity contribution is -0.146. The highest BCUT2D eigenvalue weighted by atomic mass is 33.1. The second-order valence-corrected chi connectivity index (χ2v) is 26.3. The number of fused-ring (bicyclic) bond motifs is 5. The molecule has 0 aromatic heterocycles. The number of likely N-dealkylation sites (tertiary alicyclic amines) is 1. The number of unbranched alkanes of at least 4 members (excludes halogenated alkanes) is 7. The molecule has 6 atom stereocenters. The Bertz CT molecular complexity index is 1460. The molecule has 2 N–H and O–H groups in total. The van der Waals surface area contributed by atoms with Crippen molar-refractivity contribution in [2.45, 2.75) is 232 Å². The first kappa shape index (κ1) is 83.4. The molecule has 3 heterocycles. The van der Waals surface area contributed by atoms with Gasteiger partial charge < -0.3 is 33.0 Å². The minimum Gasteiger partial charge on any atom is -0.425 e. The highest BCUT2D eigenvalue weighted by Gasteiger charge is 2.70. The van der Waals surface area contributed by atoms with Crippen LogP contribution in [0.25, 0.3) is 0 Å². The zero-order valence-electron chi connectivity index (χ0n) is 52.6. The minimum atomic E-state index is -1.40. The Labute approximate surface area is 526 Å². The third-order valence-electron chi connectivity index (χ3n) is 10.9. The van der Waals surface area contributed by atoms with Crippen LogP contribution in [0.5, 0.6) is 0 Å². The van der Waals surface area contributed by atoms with Gasteiger partial charge in [0, 0.05) is 77.2 Å². The second-order valence-electron chi connectivity index (χ2n) is 18.1. The van der Waals surface area contributed by atoms with Crippen LogP contribution < -0.4 is 0 Å². The lowest BCUT2D eigenvalue weighted by Crippen LogP contribution is -2.41. The molecule has 2 fully saturated rings. The van der Waals surface area contributed by atoms with Crippen LogP contribution in [-0.4, -0.2) is 157 Å².